The molecule has 152 valence electrons. The van der Waals surface area contributed by atoms with Crippen molar-refractivity contribution in [3.63, 3.8) is 0 Å². The molecule has 1 atom stereocenters. The largest absolute Gasteiger partial charge is 0.378 e. The lowest BCUT2D eigenvalue weighted by Gasteiger charge is -2.27. The lowest BCUT2D eigenvalue weighted by molar-refractivity contribution is -0.128. The molecule has 0 saturated carbocycles. The van der Waals surface area contributed by atoms with Crippen LogP contribution in [0.3, 0.4) is 0 Å². The zero-order chi connectivity index (χ0) is 20.1. The number of benzene rings is 1. The van der Waals surface area contributed by atoms with E-state index in [0.29, 0.717) is 32.0 Å². The molecule has 1 N–H and O–H groups in total. The van der Waals surface area contributed by atoms with Gasteiger partial charge in [-0.25, -0.2) is 4.98 Å². The van der Waals surface area contributed by atoms with E-state index in [0.717, 1.165) is 25.3 Å². The summed E-state index contributed by atoms with van der Waals surface area (Å²) in [5.74, 6) is 0.481. The number of morpholine rings is 1. The highest BCUT2D eigenvalue weighted by atomic mass is 16.5. The fourth-order valence-electron chi connectivity index (χ4n) is 3.76. The Kier molecular flexibility index (Phi) is 6.05. The number of aromatic nitrogens is 1. The molecular weight excluding hydrogens is 368 g/mol. The summed E-state index contributed by atoms with van der Waals surface area (Å²) in [6, 6.07) is 13.8. The minimum Gasteiger partial charge on any atom is -0.378 e. The number of hydrogen-bond donors (Lipinski definition) is 1. The molecule has 0 aliphatic carbocycles. The minimum atomic E-state index is -0.322. The highest BCUT2D eigenvalue weighted by Crippen LogP contribution is 2.21. The van der Waals surface area contributed by atoms with Crippen molar-refractivity contribution in [3.05, 3.63) is 54.2 Å². The summed E-state index contributed by atoms with van der Waals surface area (Å²) in [5, 5.41) is 2.91. The third-order valence-corrected chi connectivity index (χ3v) is 5.45. The van der Waals surface area contributed by atoms with Gasteiger partial charge in [-0.15, -0.1) is 0 Å². The molecule has 2 aliphatic rings. The van der Waals surface area contributed by atoms with E-state index in [9.17, 15) is 9.59 Å². The Labute approximate surface area is 170 Å². The quantitative estimate of drug-likeness (QED) is 0.811. The average molecular weight is 394 g/mol. The molecule has 0 bridgehead atoms. The Hall–Kier alpha value is -2.93. The molecule has 2 aromatic rings. The maximum absolute atomic E-state index is 12.6. The Balaban J connectivity index is 1.29. The Bertz CT molecular complexity index is 835. The van der Waals surface area contributed by atoms with E-state index in [-0.39, 0.29) is 24.2 Å². The number of likely N-dealkylation sites (tertiary alicyclic amines) is 1. The molecule has 4 rings (SSSR count). The normalized spacial score (nSPS) is 19.4. The molecule has 7 heteroatoms. The number of carbonyl (C=O) groups excluding carboxylic acids is 2. The molecule has 0 spiro atoms. The molecule has 1 aromatic heterocycles. The number of carbonyl (C=O) groups is 2. The average Bonchev–Trinajstić information content (AvgIpc) is 3.15. The lowest BCUT2D eigenvalue weighted by atomic mass is 10.1. The molecule has 29 heavy (non-hydrogen) atoms. The summed E-state index contributed by atoms with van der Waals surface area (Å²) in [6.07, 6.45) is 2.74. The van der Waals surface area contributed by atoms with Gasteiger partial charge in [0.1, 0.15) is 5.82 Å². The summed E-state index contributed by atoms with van der Waals surface area (Å²) in [7, 11) is 0. The van der Waals surface area contributed by atoms with Crippen molar-refractivity contribution in [2.75, 3.05) is 49.6 Å². The standard InChI is InChI=1S/C22H26N4O3/c27-21-14-18(16-26(21)9-8-17-4-2-1-3-5-17)22(28)24-19-6-7-20(23-15-19)25-10-12-29-13-11-25/h1-7,15,18H,8-14,16H2,(H,24,28). The van der Waals surface area contributed by atoms with Gasteiger partial charge in [-0.05, 0) is 24.1 Å². The van der Waals surface area contributed by atoms with E-state index in [1.165, 1.54) is 5.56 Å². The van der Waals surface area contributed by atoms with Crippen LogP contribution in [0.2, 0.25) is 0 Å². The summed E-state index contributed by atoms with van der Waals surface area (Å²) in [5.41, 5.74) is 1.85. The Morgan fingerprint density at radius 2 is 1.93 bits per heavy atom. The van der Waals surface area contributed by atoms with Gasteiger partial charge >= 0.3 is 0 Å². The predicted molar refractivity (Wildman–Crippen MR) is 111 cm³/mol. The number of rotatable bonds is 6. The van der Waals surface area contributed by atoms with Crippen LogP contribution >= 0.6 is 0 Å². The van der Waals surface area contributed by atoms with Crippen molar-refractivity contribution in [1.82, 2.24) is 9.88 Å². The highest BCUT2D eigenvalue weighted by Gasteiger charge is 2.34. The predicted octanol–water partition coefficient (Wildman–Crippen LogP) is 1.95. The zero-order valence-corrected chi connectivity index (χ0v) is 16.4. The number of nitrogens with one attached hydrogen (secondary N) is 1. The molecule has 0 radical (unpaired) electrons. The third-order valence-electron chi connectivity index (χ3n) is 5.45. The number of ether oxygens (including phenoxy) is 1. The van der Waals surface area contributed by atoms with Gasteiger partial charge in [0.2, 0.25) is 11.8 Å². The molecule has 2 amide bonds. The van der Waals surface area contributed by atoms with Gasteiger partial charge in [0.15, 0.2) is 0 Å². The van der Waals surface area contributed by atoms with Gasteiger partial charge in [0.05, 0.1) is 31.0 Å². The Morgan fingerprint density at radius 1 is 1.14 bits per heavy atom. The molecule has 1 unspecified atom stereocenters. The van der Waals surface area contributed by atoms with Crippen LogP contribution in [0.15, 0.2) is 48.7 Å². The van der Waals surface area contributed by atoms with Crippen LogP contribution in [-0.2, 0) is 20.7 Å². The van der Waals surface area contributed by atoms with E-state index in [1.54, 1.807) is 11.1 Å². The van der Waals surface area contributed by atoms with Crippen molar-refractivity contribution >= 4 is 23.3 Å². The van der Waals surface area contributed by atoms with Gasteiger partial charge in [0.25, 0.3) is 0 Å². The fourth-order valence-corrected chi connectivity index (χ4v) is 3.76. The fraction of sp³-hybridized carbons (Fsp3) is 0.409. The van der Waals surface area contributed by atoms with Crippen LogP contribution in [0.5, 0.6) is 0 Å². The zero-order valence-electron chi connectivity index (χ0n) is 16.4. The summed E-state index contributed by atoms with van der Waals surface area (Å²) < 4.78 is 5.36. The second kappa shape index (κ2) is 9.05. The molecule has 1 aromatic carbocycles. The second-order valence-corrected chi connectivity index (χ2v) is 7.47. The van der Waals surface area contributed by atoms with Crippen molar-refractivity contribution in [2.24, 2.45) is 5.92 Å². The number of pyridine rings is 1. The number of hydrogen-bond acceptors (Lipinski definition) is 5. The first-order valence-corrected chi connectivity index (χ1v) is 10.1. The van der Waals surface area contributed by atoms with E-state index < -0.39 is 0 Å². The van der Waals surface area contributed by atoms with E-state index in [4.69, 9.17) is 4.74 Å². The van der Waals surface area contributed by atoms with Crippen molar-refractivity contribution in [2.45, 2.75) is 12.8 Å². The first-order valence-electron chi connectivity index (χ1n) is 10.1. The van der Waals surface area contributed by atoms with Gasteiger partial charge in [-0.1, -0.05) is 30.3 Å². The topological polar surface area (TPSA) is 74.8 Å². The first-order chi connectivity index (χ1) is 14.2. The van der Waals surface area contributed by atoms with Crippen LogP contribution in [0.1, 0.15) is 12.0 Å². The van der Waals surface area contributed by atoms with Crippen LogP contribution in [0.25, 0.3) is 0 Å². The smallest absolute Gasteiger partial charge is 0.229 e. The monoisotopic (exact) mass is 394 g/mol. The maximum Gasteiger partial charge on any atom is 0.229 e. The molecule has 3 heterocycles. The molecular formula is C22H26N4O3. The maximum atomic E-state index is 12.6. The SMILES string of the molecule is O=C(Nc1ccc(N2CCOCC2)nc1)C1CC(=O)N(CCc2ccccc2)C1. The van der Waals surface area contributed by atoms with Crippen LogP contribution in [-0.4, -0.2) is 61.1 Å². The van der Waals surface area contributed by atoms with E-state index in [1.807, 2.05) is 30.3 Å². The van der Waals surface area contributed by atoms with Gasteiger partial charge in [-0.2, -0.15) is 0 Å². The van der Waals surface area contributed by atoms with Crippen LogP contribution in [0.4, 0.5) is 11.5 Å². The van der Waals surface area contributed by atoms with Crippen molar-refractivity contribution < 1.29 is 14.3 Å². The van der Waals surface area contributed by atoms with Gasteiger partial charge < -0.3 is 19.9 Å². The second-order valence-electron chi connectivity index (χ2n) is 7.47. The van der Waals surface area contributed by atoms with Gasteiger partial charge in [0, 0.05) is 32.6 Å². The summed E-state index contributed by atoms with van der Waals surface area (Å²) >= 11 is 0. The van der Waals surface area contributed by atoms with Crippen LogP contribution < -0.4 is 10.2 Å². The molecule has 2 saturated heterocycles. The molecule has 7 nitrogen and oxygen atoms in total. The number of amides is 2. The number of anilines is 2. The number of nitrogens with zero attached hydrogens (tertiary/aromatic N) is 3. The minimum absolute atomic E-state index is 0.0434. The third kappa shape index (κ3) is 4.92. The Morgan fingerprint density at radius 3 is 2.66 bits per heavy atom. The van der Waals surface area contributed by atoms with Crippen molar-refractivity contribution in [1.29, 1.82) is 0 Å². The lowest BCUT2D eigenvalue weighted by Crippen LogP contribution is -2.36. The van der Waals surface area contributed by atoms with Crippen molar-refractivity contribution in [3.8, 4) is 0 Å². The van der Waals surface area contributed by atoms with Crippen LogP contribution in [0, 0.1) is 5.92 Å². The summed E-state index contributed by atoms with van der Waals surface area (Å²) in [6.45, 7) is 4.16. The van der Waals surface area contributed by atoms with E-state index >= 15 is 0 Å². The van der Waals surface area contributed by atoms with Gasteiger partial charge in [-0.3, -0.25) is 9.59 Å². The highest BCUT2D eigenvalue weighted by molar-refractivity contribution is 5.97. The van der Waals surface area contributed by atoms with E-state index in [2.05, 4.69) is 27.3 Å². The summed E-state index contributed by atoms with van der Waals surface area (Å²) in [4.78, 5) is 33.3. The first kappa shape index (κ1) is 19.4. The molecule has 2 aliphatic heterocycles. The molecule has 2 fully saturated rings.